The van der Waals surface area contributed by atoms with Gasteiger partial charge in [-0.2, -0.15) is 0 Å². The lowest BCUT2D eigenvalue weighted by Gasteiger charge is -2.27. The number of nitrogens with one attached hydrogen (secondary N) is 3. The van der Waals surface area contributed by atoms with Crippen LogP contribution in [-0.4, -0.2) is 95.1 Å². The van der Waals surface area contributed by atoms with Crippen molar-refractivity contribution < 1.29 is 37.1 Å². The van der Waals surface area contributed by atoms with Crippen molar-refractivity contribution in [3.8, 4) is 5.88 Å². The molecule has 8 rings (SSSR count). The Kier molecular flexibility index (Phi) is 11.8. The first-order valence-corrected chi connectivity index (χ1v) is 22.8. The van der Waals surface area contributed by atoms with Crippen LogP contribution in [0, 0.1) is 11.8 Å². The number of nitrogens with zero attached hydrogens (tertiary/aromatic N) is 3. The number of fused-ring (bicyclic) bond motifs is 8. The van der Waals surface area contributed by atoms with E-state index in [0.717, 1.165) is 88.3 Å². The third kappa shape index (κ3) is 9.45. The van der Waals surface area contributed by atoms with E-state index in [1.807, 2.05) is 36.4 Å². The Labute approximate surface area is 334 Å². The monoisotopic (exact) mass is 804 g/mol. The molecule has 4 fully saturated rings. The van der Waals surface area contributed by atoms with Gasteiger partial charge in [-0.25, -0.2) is 23.2 Å². The minimum absolute atomic E-state index is 0.150. The number of hydrogen-bond donors (Lipinski definition) is 3. The van der Waals surface area contributed by atoms with Gasteiger partial charge >= 0.3 is 6.09 Å². The third-order valence-corrected chi connectivity index (χ3v) is 14.6. The van der Waals surface area contributed by atoms with Crippen LogP contribution in [0.15, 0.2) is 36.4 Å². The number of benzene rings is 1. The molecular formula is C42H56N6O8S. The molecule has 3 amide bonds. The normalized spacial score (nSPS) is 33.8. The second-order valence-corrected chi connectivity index (χ2v) is 19.2. The fourth-order valence-corrected chi connectivity index (χ4v) is 10.6. The number of allylic oxidation sites excluding steroid dienone is 1. The predicted octanol–water partition coefficient (Wildman–Crippen LogP) is 4.79. The van der Waals surface area contributed by atoms with E-state index in [0.29, 0.717) is 43.0 Å². The summed E-state index contributed by atoms with van der Waals surface area (Å²) in [7, 11) is -3.86. The highest BCUT2D eigenvalue weighted by Gasteiger charge is 2.62. The van der Waals surface area contributed by atoms with Gasteiger partial charge in [-0.1, -0.05) is 62.8 Å². The second-order valence-electron chi connectivity index (χ2n) is 17.2. The van der Waals surface area contributed by atoms with Crippen LogP contribution in [-0.2, 0) is 35.6 Å². The summed E-state index contributed by atoms with van der Waals surface area (Å²) in [6.07, 6.45) is 15.9. The zero-order valence-corrected chi connectivity index (χ0v) is 33.5. The number of ketones is 1. The number of hydrogen-bond acceptors (Lipinski definition) is 11. The van der Waals surface area contributed by atoms with Gasteiger partial charge in [0.2, 0.25) is 21.8 Å². The number of sulfonamides is 1. The molecule has 3 aliphatic carbocycles. The number of ether oxygens (including phenoxy) is 2. The molecule has 1 aromatic heterocycles. The topological polar surface area (TPSA) is 186 Å². The first-order valence-electron chi connectivity index (χ1n) is 21.3. The highest BCUT2D eigenvalue weighted by Crippen LogP contribution is 2.46. The predicted molar refractivity (Wildman–Crippen MR) is 212 cm³/mol. The van der Waals surface area contributed by atoms with Crippen molar-refractivity contribution in [3.05, 3.63) is 42.1 Å². The quantitative estimate of drug-likeness (QED) is 0.362. The number of amides is 3. The lowest BCUT2D eigenvalue weighted by Crippen LogP contribution is -2.57. The van der Waals surface area contributed by atoms with E-state index in [1.54, 1.807) is 4.90 Å². The molecule has 0 spiro atoms. The Balaban J connectivity index is 1.10. The number of alkyl carbamates (subject to hydrolysis) is 1. The van der Waals surface area contributed by atoms with Crippen LogP contribution >= 0.6 is 0 Å². The van der Waals surface area contributed by atoms with Crippen molar-refractivity contribution >= 4 is 44.7 Å². The molecule has 57 heavy (non-hydrogen) atoms. The van der Waals surface area contributed by atoms with Crippen LogP contribution in [0.5, 0.6) is 5.88 Å². The molecule has 4 heterocycles. The van der Waals surface area contributed by atoms with Gasteiger partial charge in [0.05, 0.1) is 34.9 Å². The number of carbonyl (C=O) groups excluding carboxylic acids is 4. The zero-order chi connectivity index (χ0) is 39.6. The van der Waals surface area contributed by atoms with Gasteiger partial charge in [-0.05, 0) is 88.7 Å². The molecule has 2 aromatic rings. The molecule has 6 aliphatic rings. The molecule has 5 bridgehead atoms. The Morgan fingerprint density at radius 2 is 1.63 bits per heavy atom. The van der Waals surface area contributed by atoms with Crippen LogP contribution in [0.25, 0.3) is 11.0 Å². The van der Waals surface area contributed by atoms with Crippen LogP contribution in [0.1, 0.15) is 115 Å². The number of carbonyl (C=O) groups is 4. The highest BCUT2D eigenvalue weighted by molar-refractivity contribution is 7.91. The summed E-state index contributed by atoms with van der Waals surface area (Å²) < 4.78 is 40.6. The number of rotatable bonds is 3. The molecule has 1 unspecified atom stereocenters. The molecule has 14 nitrogen and oxygen atoms in total. The van der Waals surface area contributed by atoms with Crippen LogP contribution < -0.4 is 20.1 Å². The summed E-state index contributed by atoms with van der Waals surface area (Å²) in [6.45, 7) is 0.0558. The molecule has 3 aliphatic heterocycles. The summed E-state index contributed by atoms with van der Waals surface area (Å²) >= 11 is 0. The van der Waals surface area contributed by atoms with E-state index in [1.165, 1.54) is 0 Å². The minimum Gasteiger partial charge on any atom is -0.472 e. The number of aromatic nitrogens is 2. The first-order chi connectivity index (χ1) is 27.6. The Hall–Kier alpha value is -4.11. The molecule has 15 heteroatoms. The molecule has 0 radical (unpaired) electrons. The van der Waals surface area contributed by atoms with Crippen LogP contribution in [0.2, 0.25) is 0 Å². The van der Waals surface area contributed by atoms with Crippen molar-refractivity contribution in [1.82, 2.24) is 30.2 Å². The summed E-state index contributed by atoms with van der Waals surface area (Å²) in [4.78, 5) is 67.5. The Morgan fingerprint density at radius 3 is 2.46 bits per heavy atom. The molecular weight excluding hydrogens is 749 g/mol. The molecule has 3 N–H and O–H groups in total. The summed E-state index contributed by atoms with van der Waals surface area (Å²) in [5.41, 5.74) is 0.774. The van der Waals surface area contributed by atoms with Crippen molar-refractivity contribution in [2.45, 2.75) is 151 Å². The Bertz CT molecular complexity index is 1990. The van der Waals surface area contributed by atoms with Gasteiger partial charge < -0.3 is 20.1 Å². The highest BCUT2D eigenvalue weighted by atomic mass is 32.2. The fraction of sp³-hybridized carbons (Fsp3) is 0.667. The maximum atomic E-state index is 14.5. The van der Waals surface area contributed by atoms with E-state index in [-0.39, 0.29) is 43.7 Å². The van der Waals surface area contributed by atoms with E-state index < -0.39 is 56.9 Å². The largest absolute Gasteiger partial charge is 0.472 e. The van der Waals surface area contributed by atoms with Crippen molar-refractivity contribution in [2.24, 2.45) is 11.8 Å². The van der Waals surface area contributed by atoms with E-state index >= 15 is 0 Å². The number of para-hydroxylation sites is 2. The number of aryl methyl sites for hydroxylation is 1. The molecule has 3 saturated carbocycles. The van der Waals surface area contributed by atoms with Gasteiger partial charge in [0.15, 0.2) is 5.78 Å². The lowest BCUT2D eigenvalue weighted by molar-refractivity contribution is -0.132. The minimum atomic E-state index is -3.86. The van der Waals surface area contributed by atoms with Crippen molar-refractivity contribution in [1.29, 1.82) is 0 Å². The van der Waals surface area contributed by atoms with Gasteiger partial charge in [0.25, 0.3) is 5.91 Å². The maximum Gasteiger partial charge on any atom is 0.407 e. The molecule has 1 aromatic carbocycles. The van der Waals surface area contributed by atoms with Gasteiger partial charge in [-0.15, -0.1) is 0 Å². The average Bonchev–Trinajstić information content (AvgIpc) is 4.07. The second kappa shape index (κ2) is 17.0. The van der Waals surface area contributed by atoms with E-state index in [4.69, 9.17) is 19.4 Å². The zero-order valence-electron chi connectivity index (χ0n) is 32.7. The number of Topliss-reactive ketones (excluding diaryl/α,β-unsaturated/α-hetero) is 1. The van der Waals surface area contributed by atoms with E-state index in [9.17, 15) is 27.6 Å². The average molecular weight is 805 g/mol. The lowest BCUT2D eigenvalue weighted by atomic mass is 9.99. The fourth-order valence-electron chi connectivity index (χ4n) is 9.27. The maximum absolute atomic E-state index is 14.5. The molecule has 8 atom stereocenters. The smallest absolute Gasteiger partial charge is 0.407 e. The van der Waals surface area contributed by atoms with Gasteiger partial charge in [0.1, 0.15) is 23.4 Å². The van der Waals surface area contributed by atoms with Crippen molar-refractivity contribution in [2.75, 3.05) is 13.1 Å². The van der Waals surface area contributed by atoms with Gasteiger partial charge in [0, 0.05) is 18.9 Å². The summed E-state index contributed by atoms with van der Waals surface area (Å²) in [5.74, 6) is -0.952. The molecule has 1 saturated heterocycles. The molecule has 308 valence electrons. The van der Waals surface area contributed by atoms with Crippen LogP contribution in [0.4, 0.5) is 4.79 Å². The summed E-state index contributed by atoms with van der Waals surface area (Å²) in [5, 5.41) is 5.28. The first kappa shape index (κ1) is 39.7. The van der Waals surface area contributed by atoms with Gasteiger partial charge in [-0.3, -0.25) is 24.0 Å². The third-order valence-electron chi connectivity index (χ3n) is 12.8. The van der Waals surface area contributed by atoms with E-state index in [2.05, 4.69) is 15.4 Å². The van der Waals surface area contributed by atoms with Crippen LogP contribution in [0.3, 0.4) is 0 Å². The Morgan fingerprint density at radius 1 is 0.860 bits per heavy atom. The van der Waals surface area contributed by atoms with Crippen molar-refractivity contribution in [3.63, 3.8) is 0 Å². The summed E-state index contributed by atoms with van der Waals surface area (Å²) in [6, 6.07) is 5.95. The standard InChI is InChI=1S/C42H56N6O8S/c49-37-26-48-25-30-23-36(48)38(50)46-42(40(51)47-57(53,54)31-20-21-31)24-28(42)13-7-3-1-2-4-8-16-34(37)45-41(52)56-29-19-18-27(22-29)12-6-5-9-17-35-39(55-30)44-33-15-11-10-14-32(33)43-35/h7,10-11,13-15,27-31,34,36H,1-6,8-9,12,16-26H2,(H,45,52)(H,46,50)(H,47,51)/b13-7-/t27-,28+,29-,30-,34+,36+,42+/m1/s1. The SMILES string of the molecule is O=C1N[C@H]2CCCCCC/C=C\[C@H]3C[C@]3(C(=O)NS(=O)(=O)C3CC3)NC(=O)[C@@H]3C[C@H](CN3CC2=O)Oc2nc3ccccc3nc2CCCCC[C@@H]2CC[C@H](C2)O1.